The van der Waals surface area contributed by atoms with Gasteiger partial charge in [-0.25, -0.2) is 9.37 Å². The number of pyridine rings is 1. The van der Waals surface area contributed by atoms with Crippen molar-refractivity contribution in [3.05, 3.63) is 29.8 Å². The van der Waals surface area contributed by atoms with E-state index in [0.29, 0.717) is 11.0 Å². The normalized spacial score (nSPS) is 10.0. The van der Waals surface area contributed by atoms with Crippen LogP contribution in [0.5, 0.6) is 0 Å². The highest BCUT2D eigenvalue weighted by molar-refractivity contribution is 5.77. The maximum atomic E-state index is 13.2. The first kappa shape index (κ1) is 6.80. The molecule has 0 spiro atoms. The number of hydrogen-bond donors (Lipinski definition) is 1. The standard InChI is InChI=1S/C8H4FN3/c9-7-5(3-10)4-12-8-6(7)1-2-11-8/h1-2,4H,(H,11,12). The number of nitrogens with zero attached hydrogens (tertiary/aromatic N) is 2. The monoisotopic (exact) mass is 161 g/mol. The Bertz CT molecular complexity index is 467. The molecule has 0 saturated carbocycles. The third-order valence-electron chi connectivity index (χ3n) is 1.64. The van der Waals surface area contributed by atoms with Gasteiger partial charge in [-0.05, 0) is 6.07 Å². The quantitative estimate of drug-likeness (QED) is 0.637. The molecule has 0 saturated heterocycles. The lowest BCUT2D eigenvalue weighted by atomic mass is 10.2. The van der Waals surface area contributed by atoms with E-state index >= 15 is 0 Å². The number of aromatic nitrogens is 2. The van der Waals surface area contributed by atoms with Crippen LogP contribution >= 0.6 is 0 Å². The molecule has 0 aromatic carbocycles. The molecule has 58 valence electrons. The van der Waals surface area contributed by atoms with Crippen molar-refractivity contribution in [3.8, 4) is 6.07 Å². The minimum atomic E-state index is -0.510. The Morgan fingerprint density at radius 1 is 1.58 bits per heavy atom. The third kappa shape index (κ3) is 0.768. The molecule has 0 aliphatic heterocycles. The summed E-state index contributed by atoms with van der Waals surface area (Å²) in [6, 6.07) is 3.28. The lowest BCUT2D eigenvalue weighted by Crippen LogP contribution is -1.86. The van der Waals surface area contributed by atoms with E-state index in [9.17, 15) is 4.39 Å². The minimum absolute atomic E-state index is 0.0258. The van der Waals surface area contributed by atoms with Gasteiger partial charge in [0.25, 0.3) is 0 Å². The Hall–Kier alpha value is -1.89. The van der Waals surface area contributed by atoms with Gasteiger partial charge in [-0.3, -0.25) is 0 Å². The summed E-state index contributed by atoms with van der Waals surface area (Å²) in [7, 11) is 0. The van der Waals surface area contributed by atoms with Crippen molar-refractivity contribution < 1.29 is 4.39 Å². The van der Waals surface area contributed by atoms with Crippen LogP contribution in [0.3, 0.4) is 0 Å². The number of hydrogen-bond acceptors (Lipinski definition) is 2. The van der Waals surface area contributed by atoms with E-state index in [1.54, 1.807) is 18.3 Å². The lowest BCUT2D eigenvalue weighted by Gasteiger charge is -1.92. The van der Waals surface area contributed by atoms with Crippen molar-refractivity contribution in [1.29, 1.82) is 5.26 Å². The second-order valence-electron chi connectivity index (χ2n) is 2.34. The Labute approximate surface area is 67.5 Å². The summed E-state index contributed by atoms with van der Waals surface area (Å²) in [5.41, 5.74) is 0.439. The first-order valence-corrected chi connectivity index (χ1v) is 3.34. The number of fused-ring (bicyclic) bond motifs is 1. The van der Waals surface area contributed by atoms with Crippen LogP contribution < -0.4 is 0 Å². The first-order valence-electron chi connectivity index (χ1n) is 3.34. The van der Waals surface area contributed by atoms with Gasteiger partial charge in [0, 0.05) is 6.20 Å². The van der Waals surface area contributed by atoms with Crippen LogP contribution in [0.15, 0.2) is 18.5 Å². The molecular weight excluding hydrogens is 157 g/mol. The Balaban J connectivity index is 2.89. The van der Waals surface area contributed by atoms with Crippen molar-refractivity contribution in [2.75, 3.05) is 0 Å². The first-order chi connectivity index (χ1) is 5.83. The number of rotatable bonds is 0. The van der Waals surface area contributed by atoms with Gasteiger partial charge in [0.2, 0.25) is 0 Å². The molecule has 2 aromatic rings. The molecule has 4 heteroatoms. The zero-order chi connectivity index (χ0) is 8.55. The van der Waals surface area contributed by atoms with E-state index in [2.05, 4.69) is 9.97 Å². The molecule has 0 aliphatic carbocycles. The maximum Gasteiger partial charge on any atom is 0.153 e. The van der Waals surface area contributed by atoms with Crippen LogP contribution in [0.4, 0.5) is 4.39 Å². The van der Waals surface area contributed by atoms with Crippen LogP contribution in [0.25, 0.3) is 11.0 Å². The molecule has 0 radical (unpaired) electrons. The number of aromatic amines is 1. The Morgan fingerprint density at radius 3 is 3.17 bits per heavy atom. The molecule has 0 fully saturated rings. The average molecular weight is 161 g/mol. The topological polar surface area (TPSA) is 52.5 Å². The summed E-state index contributed by atoms with van der Waals surface area (Å²) in [5.74, 6) is -0.510. The van der Waals surface area contributed by atoms with Crippen molar-refractivity contribution in [2.45, 2.75) is 0 Å². The van der Waals surface area contributed by atoms with Crippen LogP contribution in [0.1, 0.15) is 5.56 Å². The molecular formula is C8H4FN3. The number of nitrogens with one attached hydrogen (secondary N) is 1. The molecule has 2 aromatic heterocycles. The molecule has 3 nitrogen and oxygen atoms in total. The summed E-state index contributed by atoms with van der Waals surface area (Å²) in [4.78, 5) is 6.61. The SMILES string of the molecule is N#Cc1cnc2[nH]ccc2c1F. The van der Waals surface area contributed by atoms with Gasteiger partial charge in [-0.15, -0.1) is 0 Å². The second-order valence-corrected chi connectivity index (χ2v) is 2.34. The van der Waals surface area contributed by atoms with E-state index < -0.39 is 5.82 Å². The van der Waals surface area contributed by atoms with Crippen LogP contribution in [0, 0.1) is 17.1 Å². The fourth-order valence-corrected chi connectivity index (χ4v) is 1.05. The predicted octanol–water partition coefficient (Wildman–Crippen LogP) is 1.57. The highest BCUT2D eigenvalue weighted by Crippen LogP contribution is 2.16. The molecule has 12 heavy (non-hydrogen) atoms. The van der Waals surface area contributed by atoms with Crippen molar-refractivity contribution in [3.63, 3.8) is 0 Å². The summed E-state index contributed by atoms with van der Waals surface area (Å²) >= 11 is 0. The van der Waals surface area contributed by atoms with E-state index in [1.807, 2.05) is 0 Å². The van der Waals surface area contributed by atoms with E-state index in [1.165, 1.54) is 6.20 Å². The zero-order valence-electron chi connectivity index (χ0n) is 6.00. The largest absolute Gasteiger partial charge is 0.346 e. The van der Waals surface area contributed by atoms with E-state index in [4.69, 9.17) is 5.26 Å². The van der Waals surface area contributed by atoms with Gasteiger partial charge < -0.3 is 4.98 Å². The Morgan fingerprint density at radius 2 is 2.42 bits per heavy atom. The predicted molar refractivity (Wildman–Crippen MR) is 40.8 cm³/mol. The summed E-state index contributed by atoms with van der Waals surface area (Å²) in [6.45, 7) is 0. The van der Waals surface area contributed by atoms with Gasteiger partial charge in [-0.2, -0.15) is 5.26 Å². The average Bonchev–Trinajstić information content (AvgIpc) is 2.53. The number of halogens is 1. The molecule has 0 amide bonds. The smallest absolute Gasteiger partial charge is 0.153 e. The molecule has 2 rings (SSSR count). The third-order valence-corrected chi connectivity index (χ3v) is 1.64. The minimum Gasteiger partial charge on any atom is -0.346 e. The molecule has 1 N–H and O–H groups in total. The maximum absolute atomic E-state index is 13.2. The van der Waals surface area contributed by atoms with Crippen molar-refractivity contribution >= 4 is 11.0 Å². The summed E-state index contributed by atoms with van der Waals surface area (Å²) in [5, 5.41) is 8.83. The van der Waals surface area contributed by atoms with Gasteiger partial charge in [-0.1, -0.05) is 0 Å². The molecule has 0 aliphatic rings. The van der Waals surface area contributed by atoms with E-state index in [0.717, 1.165) is 0 Å². The lowest BCUT2D eigenvalue weighted by molar-refractivity contribution is 0.634. The van der Waals surface area contributed by atoms with Crippen molar-refractivity contribution in [1.82, 2.24) is 9.97 Å². The van der Waals surface area contributed by atoms with Crippen LogP contribution in [-0.2, 0) is 0 Å². The number of H-pyrrole nitrogens is 1. The summed E-state index contributed by atoms with van der Waals surface area (Å²) < 4.78 is 13.2. The molecule has 0 atom stereocenters. The second kappa shape index (κ2) is 2.31. The fraction of sp³-hybridized carbons (Fsp3) is 0. The van der Waals surface area contributed by atoms with Crippen LogP contribution in [-0.4, -0.2) is 9.97 Å². The molecule has 0 bridgehead atoms. The van der Waals surface area contributed by atoms with Gasteiger partial charge in [0.15, 0.2) is 5.82 Å². The van der Waals surface area contributed by atoms with Crippen LogP contribution in [0.2, 0.25) is 0 Å². The fourth-order valence-electron chi connectivity index (χ4n) is 1.05. The highest BCUT2D eigenvalue weighted by Gasteiger charge is 2.07. The van der Waals surface area contributed by atoms with Gasteiger partial charge >= 0.3 is 0 Å². The van der Waals surface area contributed by atoms with Gasteiger partial charge in [0.1, 0.15) is 17.3 Å². The van der Waals surface area contributed by atoms with Crippen molar-refractivity contribution in [2.24, 2.45) is 0 Å². The van der Waals surface area contributed by atoms with Gasteiger partial charge in [0.05, 0.1) is 11.6 Å². The molecule has 0 unspecified atom stereocenters. The Kier molecular flexibility index (Phi) is 1.31. The number of nitriles is 1. The zero-order valence-corrected chi connectivity index (χ0v) is 6.00. The highest BCUT2D eigenvalue weighted by atomic mass is 19.1. The molecule has 2 heterocycles. The van der Waals surface area contributed by atoms with E-state index in [-0.39, 0.29) is 5.56 Å². The summed E-state index contributed by atoms with van der Waals surface area (Å²) in [6.07, 6.45) is 2.80.